The minimum absolute atomic E-state index is 0.136. The number of aliphatic hydroxyl groups is 1. The van der Waals surface area contributed by atoms with Crippen molar-refractivity contribution in [3.63, 3.8) is 0 Å². The summed E-state index contributed by atoms with van der Waals surface area (Å²) in [5.41, 5.74) is 0.312. The highest BCUT2D eigenvalue weighted by Gasteiger charge is 2.36. The second kappa shape index (κ2) is 9.34. The fraction of sp³-hybridized carbons (Fsp3) is 0.217. The zero-order chi connectivity index (χ0) is 23.4. The zero-order valence-electron chi connectivity index (χ0n) is 18.2. The number of hydrogen-bond donors (Lipinski definition) is 1. The van der Waals surface area contributed by atoms with E-state index in [2.05, 4.69) is 0 Å². The van der Waals surface area contributed by atoms with Crippen LogP contribution in [-0.2, 0) is 19.1 Å². The highest BCUT2D eigenvalue weighted by atomic mass is 16.6. The van der Waals surface area contributed by atoms with E-state index in [-0.39, 0.29) is 22.5 Å². The van der Waals surface area contributed by atoms with E-state index < -0.39 is 17.7 Å². The van der Waals surface area contributed by atoms with Gasteiger partial charge in [-0.05, 0) is 35.4 Å². The molecule has 0 bridgehead atoms. The van der Waals surface area contributed by atoms with Crippen molar-refractivity contribution in [1.29, 1.82) is 0 Å². The van der Waals surface area contributed by atoms with Gasteiger partial charge in [0.1, 0.15) is 11.1 Å². The van der Waals surface area contributed by atoms with Crippen LogP contribution in [0.15, 0.2) is 47.9 Å². The van der Waals surface area contributed by atoms with Gasteiger partial charge in [0, 0.05) is 0 Å². The molecule has 2 aromatic carbocycles. The molecule has 0 fully saturated rings. The maximum absolute atomic E-state index is 12.7. The van der Waals surface area contributed by atoms with Crippen LogP contribution in [0.4, 0.5) is 0 Å². The Kier molecular flexibility index (Phi) is 6.58. The first-order valence-electron chi connectivity index (χ1n) is 9.33. The van der Waals surface area contributed by atoms with Crippen molar-refractivity contribution in [2.24, 2.45) is 0 Å². The van der Waals surface area contributed by atoms with Gasteiger partial charge in [-0.1, -0.05) is 12.1 Å². The SMILES string of the molecule is COC(=O)/C(=C1\OC(=O)C(c2ccc(OC)c(OC)c2)=C1O)c1ccc(OC)c(OC)c1. The first kappa shape index (κ1) is 22.5. The van der Waals surface area contributed by atoms with Crippen LogP contribution >= 0.6 is 0 Å². The quantitative estimate of drug-likeness (QED) is 0.511. The van der Waals surface area contributed by atoms with Gasteiger partial charge in [0.15, 0.2) is 34.5 Å². The highest BCUT2D eigenvalue weighted by Crippen LogP contribution is 2.40. The van der Waals surface area contributed by atoms with Crippen molar-refractivity contribution in [1.82, 2.24) is 0 Å². The normalized spacial score (nSPS) is 14.6. The summed E-state index contributed by atoms with van der Waals surface area (Å²) in [6.07, 6.45) is 0. The molecule has 1 aliphatic heterocycles. The minimum atomic E-state index is -0.841. The third-order valence-corrected chi connectivity index (χ3v) is 4.81. The molecule has 168 valence electrons. The molecule has 0 spiro atoms. The Labute approximate surface area is 184 Å². The molecule has 0 saturated carbocycles. The van der Waals surface area contributed by atoms with Gasteiger partial charge in [-0.2, -0.15) is 0 Å². The van der Waals surface area contributed by atoms with Gasteiger partial charge in [-0.15, -0.1) is 0 Å². The molecule has 32 heavy (non-hydrogen) atoms. The summed E-state index contributed by atoms with van der Waals surface area (Å²) < 4.78 is 31.1. The lowest BCUT2D eigenvalue weighted by molar-refractivity contribution is -0.134. The fourth-order valence-corrected chi connectivity index (χ4v) is 3.25. The van der Waals surface area contributed by atoms with Crippen LogP contribution in [0.2, 0.25) is 0 Å². The molecule has 0 radical (unpaired) electrons. The Morgan fingerprint density at radius 2 is 1.38 bits per heavy atom. The van der Waals surface area contributed by atoms with E-state index in [0.717, 1.165) is 0 Å². The number of benzene rings is 2. The number of rotatable bonds is 7. The molecular formula is C23H22O9. The van der Waals surface area contributed by atoms with Crippen LogP contribution in [0.25, 0.3) is 11.1 Å². The standard InChI is InChI=1S/C23H22O9/c1-27-14-8-6-12(10-16(14)29-3)18-20(24)21(32-23(18)26)19(22(25)31-5)13-7-9-15(28-2)17(11-13)30-4/h6-11,24H,1-5H3/b21-19-. The van der Waals surface area contributed by atoms with Crippen molar-refractivity contribution < 1.29 is 43.1 Å². The summed E-state index contributed by atoms with van der Waals surface area (Å²) in [7, 11) is 7.01. The molecule has 1 aliphatic rings. The molecule has 0 saturated heterocycles. The van der Waals surface area contributed by atoms with Gasteiger partial charge in [-0.3, -0.25) is 0 Å². The predicted molar refractivity (Wildman–Crippen MR) is 114 cm³/mol. The number of carbonyl (C=O) groups excluding carboxylic acids is 2. The topological polar surface area (TPSA) is 110 Å². The van der Waals surface area contributed by atoms with E-state index in [0.29, 0.717) is 28.6 Å². The monoisotopic (exact) mass is 442 g/mol. The van der Waals surface area contributed by atoms with Crippen LogP contribution in [0.5, 0.6) is 23.0 Å². The van der Waals surface area contributed by atoms with Gasteiger partial charge < -0.3 is 33.5 Å². The van der Waals surface area contributed by atoms with Crippen molar-refractivity contribution in [3.05, 3.63) is 59.0 Å². The second-order valence-electron chi connectivity index (χ2n) is 6.45. The van der Waals surface area contributed by atoms with Crippen LogP contribution in [0.3, 0.4) is 0 Å². The molecular weight excluding hydrogens is 420 g/mol. The second-order valence-corrected chi connectivity index (χ2v) is 6.45. The van der Waals surface area contributed by atoms with Crippen molar-refractivity contribution in [2.45, 2.75) is 0 Å². The summed E-state index contributed by atoms with van der Waals surface area (Å²) in [6, 6.07) is 9.29. The molecule has 2 aromatic rings. The Bertz CT molecular complexity index is 1130. The number of cyclic esters (lactones) is 1. The van der Waals surface area contributed by atoms with E-state index in [4.69, 9.17) is 28.4 Å². The molecule has 3 rings (SSSR count). The third-order valence-electron chi connectivity index (χ3n) is 4.81. The van der Waals surface area contributed by atoms with E-state index in [9.17, 15) is 14.7 Å². The lowest BCUT2D eigenvalue weighted by Crippen LogP contribution is -2.09. The molecule has 1 N–H and O–H groups in total. The summed E-state index contributed by atoms with van der Waals surface area (Å²) in [5, 5.41) is 10.9. The molecule has 0 amide bonds. The van der Waals surface area contributed by atoms with Gasteiger partial charge >= 0.3 is 11.9 Å². The summed E-state index contributed by atoms with van der Waals surface area (Å²) in [5.74, 6) is -0.953. The van der Waals surface area contributed by atoms with Crippen molar-refractivity contribution in [3.8, 4) is 23.0 Å². The lowest BCUT2D eigenvalue weighted by atomic mass is 10.0. The Morgan fingerprint density at radius 3 is 1.94 bits per heavy atom. The third kappa shape index (κ3) is 3.92. The zero-order valence-corrected chi connectivity index (χ0v) is 18.2. The average Bonchev–Trinajstić information content (AvgIpc) is 3.11. The Balaban J connectivity index is 2.22. The number of aliphatic hydroxyl groups excluding tert-OH is 1. The van der Waals surface area contributed by atoms with E-state index >= 15 is 0 Å². The molecule has 0 aliphatic carbocycles. The smallest absolute Gasteiger partial charge is 0.348 e. The maximum atomic E-state index is 12.7. The summed E-state index contributed by atoms with van der Waals surface area (Å²) in [6.45, 7) is 0. The van der Waals surface area contributed by atoms with E-state index in [1.54, 1.807) is 24.3 Å². The van der Waals surface area contributed by atoms with Crippen LogP contribution in [0, 0.1) is 0 Å². The van der Waals surface area contributed by atoms with Crippen molar-refractivity contribution in [2.75, 3.05) is 35.5 Å². The van der Waals surface area contributed by atoms with Gasteiger partial charge in [0.05, 0.1) is 35.5 Å². The number of ether oxygens (including phenoxy) is 6. The Morgan fingerprint density at radius 1 is 0.812 bits per heavy atom. The number of esters is 2. The molecule has 0 aromatic heterocycles. The molecule has 0 unspecified atom stereocenters. The summed E-state index contributed by atoms with van der Waals surface area (Å²) in [4.78, 5) is 25.3. The molecule has 0 atom stereocenters. The predicted octanol–water partition coefficient (Wildman–Crippen LogP) is 3.13. The highest BCUT2D eigenvalue weighted by molar-refractivity contribution is 6.25. The van der Waals surface area contributed by atoms with Gasteiger partial charge in [0.25, 0.3) is 0 Å². The maximum Gasteiger partial charge on any atom is 0.348 e. The largest absolute Gasteiger partial charge is 0.504 e. The van der Waals surface area contributed by atoms with Gasteiger partial charge in [0.2, 0.25) is 0 Å². The first-order valence-corrected chi connectivity index (χ1v) is 9.33. The van der Waals surface area contributed by atoms with Gasteiger partial charge in [-0.25, -0.2) is 9.59 Å². The van der Waals surface area contributed by atoms with Crippen LogP contribution < -0.4 is 18.9 Å². The Hall–Kier alpha value is -4.14. The molecule has 9 heteroatoms. The van der Waals surface area contributed by atoms with Crippen LogP contribution in [0.1, 0.15) is 11.1 Å². The molecule has 9 nitrogen and oxygen atoms in total. The summed E-state index contributed by atoms with van der Waals surface area (Å²) >= 11 is 0. The average molecular weight is 442 g/mol. The lowest BCUT2D eigenvalue weighted by Gasteiger charge is -2.12. The number of hydrogen-bond acceptors (Lipinski definition) is 9. The minimum Gasteiger partial charge on any atom is -0.504 e. The molecule has 1 heterocycles. The fourth-order valence-electron chi connectivity index (χ4n) is 3.25. The van der Waals surface area contributed by atoms with Crippen molar-refractivity contribution >= 4 is 23.1 Å². The number of carbonyl (C=O) groups is 2. The van der Waals surface area contributed by atoms with Crippen LogP contribution in [-0.4, -0.2) is 52.6 Å². The van der Waals surface area contributed by atoms with E-state index in [1.807, 2.05) is 0 Å². The van der Waals surface area contributed by atoms with E-state index in [1.165, 1.54) is 47.7 Å². The number of methoxy groups -OCH3 is 5. The first-order chi connectivity index (χ1) is 15.4.